The maximum atomic E-state index is 11.2. The van der Waals surface area contributed by atoms with E-state index >= 15 is 0 Å². The van der Waals surface area contributed by atoms with Crippen molar-refractivity contribution in [3.05, 3.63) is 18.2 Å². The second-order valence-electron chi connectivity index (χ2n) is 4.55. The van der Waals surface area contributed by atoms with E-state index in [4.69, 9.17) is 16.2 Å². The Morgan fingerprint density at radius 1 is 1.47 bits per heavy atom. The maximum Gasteiger partial charge on any atom is 0.224 e. The predicted molar refractivity (Wildman–Crippen MR) is 68.9 cm³/mol. The Hall–Kier alpha value is -1.91. The number of hydrogen-bond acceptors (Lipinski definition) is 4. The zero-order valence-corrected chi connectivity index (χ0v) is 10.4. The summed E-state index contributed by atoms with van der Waals surface area (Å²) in [5.41, 5.74) is 11.8. The molecule has 0 aromatic heterocycles. The number of amides is 1. The van der Waals surface area contributed by atoms with Gasteiger partial charge >= 0.3 is 0 Å². The fourth-order valence-corrected chi connectivity index (χ4v) is 1.22. The van der Waals surface area contributed by atoms with Crippen LogP contribution >= 0.6 is 0 Å². The molecule has 5 nitrogen and oxygen atoms in total. The molecule has 1 aromatic carbocycles. The summed E-state index contributed by atoms with van der Waals surface area (Å²) in [6.07, 6.45) is 0. The van der Waals surface area contributed by atoms with Crippen molar-refractivity contribution < 1.29 is 9.53 Å². The van der Waals surface area contributed by atoms with Gasteiger partial charge in [0.2, 0.25) is 5.91 Å². The van der Waals surface area contributed by atoms with E-state index in [1.54, 1.807) is 39.2 Å². The molecule has 0 radical (unpaired) electrons. The van der Waals surface area contributed by atoms with E-state index in [-0.39, 0.29) is 5.91 Å². The number of hydrogen-bond donors (Lipinski definition) is 3. The van der Waals surface area contributed by atoms with Crippen molar-refractivity contribution in [3.8, 4) is 5.75 Å². The number of rotatable bonds is 5. The Labute approximate surface area is 101 Å². The van der Waals surface area contributed by atoms with E-state index < -0.39 is 5.41 Å². The summed E-state index contributed by atoms with van der Waals surface area (Å²) in [5, 5.41) is 3.10. The molecule has 5 heteroatoms. The summed E-state index contributed by atoms with van der Waals surface area (Å²) in [7, 11) is 1.59. The summed E-state index contributed by atoms with van der Waals surface area (Å²) in [4.78, 5) is 11.2. The van der Waals surface area contributed by atoms with Crippen molar-refractivity contribution in [3.63, 3.8) is 0 Å². The van der Waals surface area contributed by atoms with Gasteiger partial charge in [-0.3, -0.25) is 4.79 Å². The van der Waals surface area contributed by atoms with E-state index in [9.17, 15) is 4.79 Å². The van der Waals surface area contributed by atoms with E-state index in [2.05, 4.69) is 5.32 Å². The Bertz CT molecular complexity index is 416. The Balaban J connectivity index is 2.78. The van der Waals surface area contributed by atoms with Crippen LogP contribution in [0.5, 0.6) is 5.75 Å². The lowest BCUT2D eigenvalue weighted by Crippen LogP contribution is -2.37. The Kier molecular flexibility index (Phi) is 3.83. The molecule has 0 saturated heterocycles. The first-order chi connectivity index (χ1) is 7.86. The molecule has 0 bridgehead atoms. The summed E-state index contributed by atoms with van der Waals surface area (Å²) in [6, 6.07) is 5.31. The minimum absolute atomic E-state index is 0.355. The number of primary amides is 1. The van der Waals surface area contributed by atoms with Crippen LogP contribution in [0, 0.1) is 5.41 Å². The molecule has 0 unspecified atom stereocenters. The fraction of sp³-hybridized carbons (Fsp3) is 0.417. The van der Waals surface area contributed by atoms with Crippen LogP contribution in [0.15, 0.2) is 18.2 Å². The van der Waals surface area contributed by atoms with Crippen molar-refractivity contribution >= 4 is 17.3 Å². The van der Waals surface area contributed by atoms with Crippen molar-refractivity contribution in [2.45, 2.75) is 13.8 Å². The molecule has 0 heterocycles. The molecule has 94 valence electrons. The van der Waals surface area contributed by atoms with Gasteiger partial charge in [0.05, 0.1) is 23.9 Å². The Morgan fingerprint density at radius 3 is 2.65 bits per heavy atom. The quantitative estimate of drug-likeness (QED) is 0.671. The molecule has 17 heavy (non-hydrogen) atoms. The van der Waals surface area contributed by atoms with Crippen LogP contribution in [-0.4, -0.2) is 19.6 Å². The summed E-state index contributed by atoms with van der Waals surface area (Å²) >= 11 is 0. The lowest BCUT2D eigenvalue weighted by Gasteiger charge is -2.22. The zero-order valence-electron chi connectivity index (χ0n) is 10.4. The number of nitrogens with one attached hydrogen (secondary N) is 1. The van der Waals surface area contributed by atoms with Crippen LogP contribution in [0.25, 0.3) is 0 Å². The van der Waals surface area contributed by atoms with Gasteiger partial charge in [0.1, 0.15) is 5.75 Å². The largest absolute Gasteiger partial charge is 0.497 e. The summed E-state index contributed by atoms with van der Waals surface area (Å²) in [6.45, 7) is 3.97. The topological polar surface area (TPSA) is 90.4 Å². The summed E-state index contributed by atoms with van der Waals surface area (Å²) < 4.78 is 5.10. The van der Waals surface area contributed by atoms with Gasteiger partial charge in [-0.1, -0.05) is 0 Å². The van der Waals surface area contributed by atoms with Crippen molar-refractivity contribution in [1.29, 1.82) is 0 Å². The van der Waals surface area contributed by atoms with Crippen LogP contribution < -0.4 is 21.5 Å². The SMILES string of the molecule is COc1ccc(N)c(NCC(C)(C)C(N)=O)c1. The van der Waals surface area contributed by atoms with Crippen molar-refractivity contribution in [2.24, 2.45) is 11.1 Å². The molecule has 1 amide bonds. The second kappa shape index (κ2) is 4.95. The van der Waals surface area contributed by atoms with Crippen LogP contribution in [0.2, 0.25) is 0 Å². The van der Waals surface area contributed by atoms with E-state index in [0.29, 0.717) is 18.0 Å². The minimum Gasteiger partial charge on any atom is -0.497 e. The second-order valence-corrected chi connectivity index (χ2v) is 4.55. The van der Waals surface area contributed by atoms with Crippen LogP contribution in [-0.2, 0) is 4.79 Å². The number of anilines is 2. The molecule has 0 saturated carbocycles. The molecular formula is C12H19N3O2. The standard InChI is InChI=1S/C12H19N3O2/c1-12(2,11(14)16)7-15-10-6-8(17-3)4-5-9(10)13/h4-6,15H,7,13H2,1-3H3,(H2,14,16). The highest BCUT2D eigenvalue weighted by Gasteiger charge is 2.24. The highest BCUT2D eigenvalue weighted by atomic mass is 16.5. The number of benzene rings is 1. The molecule has 1 aromatic rings. The van der Waals surface area contributed by atoms with Crippen molar-refractivity contribution in [2.75, 3.05) is 24.7 Å². The van der Waals surface area contributed by atoms with Crippen molar-refractivity contribution in [1.82, 2.24) is 0 Å². The number of carbonyl (C=O) groups excluding carboxylic acids is 1. The first kappa shape index (κ1) is 13.2. The smallest absolute Gasteiger partial charge is 0.224 e. The van der Waals surface area contributed by atoms with Gasteiger partial charge in [-0.05, 0) is 26.0 Å². The van der Waals surface area contributed by atoms with Crippen LogP contribution in [0.3, 0.4) is 0 Å². The maximum absolute atomic E-state index is 11.2. The molecule has 0 aliphatic heterocycles. The summed E-state index contributed by atoms with van der Waals surface area (Å²) in [5.74, 6) is 0.352. The predicted octanol–water partition coefficient (Wildman–Crippen LogP) is 1.20. The van der Waals surface area contributed by atoms with Gasteiger partial charge in [-0.25, -0.2) is 0 Å². The highest BCUT2D eigenvalue weighted by Crippen LogP contribution is 2.25. The van der Waals surface area contributed by atoms with Crippen LogP contribution in [0.4, 0.5) is 11.4 Å². The monoisotopic (exact) mass is 237 g/mol. The molecule has 0 aliphatic rings. The van der Waals surface area contributed by atoms with Gasteiger partial charge in [-0.15, -0.1) is 0 Å². The number of nitrogens with two attached hydrogens (primary N) is 2. The average molecular weight is 237 g/mol. The molecular weight excluding hydrogens is 218 g/mol. The zero-order chi connectivity index (χ0) is 13.1. The van der Waals surface area contributed by atoms with Gasteiger partial charge in [0.25, 0.3) is 0 Å². The number of carbonyl (C=O) groups is 1. The molecule has 0 spiro atoms. The first-order valence-corrected chi connectivity index (χ1v) is 5.34. The third-order valence-corrected chi connectivity index (χ3v) is 2.65. The minimum atomic E-state index is -0.629. The third-order valence-electron chi connectivity index (χ3n) is 2.65. The number of ether oxygens (including phenoxy) is 1. The molecule has 5 N–H and O–H groups in total. The van der Waals surface area contributed by atoms with Gasteiger partial charge in [-0.2, -0.15) is 0 Å². The molecule has 1 rings (SSSR count). The third kappa shape index (κ3) is 3.27. The van der Waals surface area contributed by atoms with Gasteiger partial charge < -0.3 is 21.5 Å². The Morgan fingerprint density at radius 2 is 2.12 bits per heavy atom. The number of methoxy groups -OCH3 is 1. The molecule has 0 atom stereocenters. The molecule has 0 aliphatic carbocycles. The normalized spacial score (nSPS) is 11.0. The van der Waals surface area contributed by atoms with Gasteiger partial charge in [0, 0.05) is 12.6 Å². The van der Waals surface area contributed by atoms with E-state index in [0.717, 1.165) is 5.69 Å². The average Bonchev–Trinajstić information content (AvgIpc) is 2.28. The lowest BCUT2D eigenvalue weighted by molar-refractivity contribution is -0.125. The van der Waals surface area contributed by atoms with Gasteiger partial charge in [0.15, 0.2) is 0 Å². The van der Waals surface area contributed by atoms with E-state index in [1.807, 2.05) is 0 Å². The fourth-order valence-electron chi connectivity index (χ4n) is 1.22. The lowest BCUT2D eigenvalue weighted by atomic mass is 9.92. The highest BCUT2D eigenvalue weighted by molar-refractivity contribution is 5.81. The first-order valence-electron chi connectivity index (χ1n) is 5.34. The van der Waals surface area contributed by atoms with E-state index in [1.165, 1.54) is 0 Å². The number of nitrogen functional groups attached to an aromatic ring is 1. The molecule has 0 fully saturated rings. The van der Waals surface area contributed by atoms with Crippen LogP contribution in [0.1, 0.15) is 13.8 Å².